The molecule has 0 aliphatic heterocycles. The topological polar surface area (TPSA) is 39.2 Å². The average molecular weight is 418 g/mol. The second kappa shape index (κ2) is 6.83. The van der Waals surface area contributed by atoms with Gasteiger partial charge >= 0.3 is 0 Å². The fourth-order valence-corrected chi connectivity index (χ4v) is 4.97. The molecular weight excluding hydrogens is 394 g/mol. The Labute approximate surface area is 186 Å². The van der Waals surface area contributed by atoms with Crippen molar-refractivity contribution in [2.75, 3.05) is 0 Å². The molecule has 0 unspecified atom stereocenters. The standard InChI is InChI=1S/C29H23NO2/c1-16-11-17(2)13-21(12-16)27-29-20(9-10-30-27)15-25(32-29)26-18(3)14-23-22-7-5-6-8-24(22)31-28(23)19(26)4/h5-15H,1-4H3. The van der Waals surface area contributed by atoms with Crippen LogP contribution in [0.4, 0.5) is 0 Å². The Balaban J connectivity index is 1.60. The van der Waals surface area contributed by atoms with E-state index in [0.717, 1.165) is 61.1 Å². The Morgan fingerprint density at radius 2 is 1.50 bits per heavy atom. The number of para-hydroxylation sites is 1. The van der Waals surface area contributed by atoms with Gasteiger partial charge in [0.2, 0.25) is 0 Å². The minimum absolute atomic E-state index is 0.816. The number of benzene rings is 3. The van der Waals surface area contributed by atoms with Crippen molar-refractivity contribution in [2.24, 2.45) is 0 Å². The summed E-state index contributed by atoms with van der Waals surface area (Å²) in [6.45, 7) is 8.47. The molecular formula is C29H23NO2. The lowest BCUT2D eigenvalue weighted by Gasteiger charge is -2.08. The molecule has 0 saturated heterocycles. The number of hydrogen-bond acceptors (Lipinski definition) is 3. The Hall–Kier alpha value is -3.85. The zero-order valence-electron chi connectivity index (χ0n) is 18.6. The fraction of sp³-hybridized carbons (Fsp3) is 0.138. The van der Waals surface area contributed by atoms with Crippen molar-refractivity contribution in [3.05, 3.63) is 89.1 Å². The highest BCUT2D eigenvalue weighted by molar-refractivity contribution is 6.08. The first-order valence-corrected chi connectivity index (χ1v) is 10.9. The minimum atomic E-state index is 0.816. The van der Waals surface area contributed by atoms with Crippen LogP contribution in [-0.2, 0) is 0 Å². The Kier molecular flexibility index (Phi) is 4.03. The molecule has 3 aromatic heterocycles. The lowest BCUT2D eigenvalue weighted by atomic mass is 9.97. The zero-order chi connectivity index (χ0) is 22.0. The van der Waals surface area contributed by atoms with E-state index >= 15 is 0 Å². The summed E-state index contributed by atoms with van der Waals surface area (Å²) in [7, 11) is 0. The highest BCUT2D eigenvalue weighted by atomic mass is 16.3. The zero-order valence-corrected chi connectivity index (χ0v) is 18.6. The monoisotopic (exact) mass is 417 g/mol. The summed E-state index contributed by atoms with van der Waals surface area (Å²) in [6.07, 6.45) is 1.86. The molecule has 32 heavy (non-hydrogen) atoms. The maximum Gasteiger partial charge on any atom is 0.161 e. The third kappa shape index (κ3) is 2.78. The highest BCUT2D eigenvalue weighted by Gasteiger charge is 2.19. The highest BCUT2D eigenvalue weighted by Crippen LogP contribution is 2.41. The van der Waals surface area contributed by atoms with Crippen LogP contribution in [0.15, 0.2) is 75.7 Å². The average Bonchev–Trinajstić information content (AvgIpc) is 3.34. The summed E-state index contributed by atoms with van der Waals surface area (Å²) in [6, 6.07) is 21.0. The van der Waals surface area contributed by atoms with Crippen molar-refractivity contribution in [3.63, 3.8) is 0 Å². The summed E-state index contributed by atoms with van der Waals surface area (Å²) < 4.78 is 12.7. The van der Waals surface area contributed by atoms with Gasteiger partial charge in [-0.15, -0.1) is 0 Å². The van der Waals surface area contributed by atoms with Crippen molar-refractivity contribution in [2.45, 2.75) is 27.7 Å². The van der Waals surface area contributed by atoms with E-state index in [4.69, 9.17) is 8.83 Å². The first kappa shape index (κ1) is 18.9. The van der Waals surface area contributed by atoms with Crippen LogP contribution in [0.2, 0.25) is 0 Å². The Morgan fingerprint density at radius 1 is 0.719 bits per heavy atom. The van der Waals surface area contributed by atoms with E-state index < -0.39 is 0 Å². The van der Waals surface area contributed by atoms with E-state index in [9.17, 15) is 0 Å². The molecule has 3 aromatic carbocycles. The third-order valence-corrected chi connectivity index (χ3v) is 6.28. The molecule has 0 fully saturated rings. The van der Waals surface area contributed by atoms with Crippen molar-refractivity contribution < 1.29 is 8.83 Å². The van der Waals surface area contributed by atoms with Gasteiger partial charge in [-0.25, -0.2) is 0 Å². The lowest BCUT2D eigenvalue weighted by Crippen LogP contribution is -1.88. The number of furan rings is 2. The molecule has 0 aliphatic rings. The van der Waals surface area contributed by atoms with Gasteiger partial charge in [0, 0.05) is 39.0 Å². The van der Waals surface area contributed by atoms with E-state index in [1.54, 1.807) is 0 Å². The molecule has 0 saturated carbocycles. The van der Waals surface area contributed by atoms with E-state index in [1.165, 1.54) is 16.7 Å². The first-order chi connectivity index (χ1) is 15.5. The minimum Gasteiger partial charge on any atom is -0.456 e. The fourth-order valence-electron chi connectivity index (χ4n) is 4.97. The van der Waals surface area contributed by atoms with Crippen LogP contribution in [0.25, 0.3) is 55.5 Å². The molecule has 0 radical (unpaired) electrons. The molecule has 3 heterocycles. The quantitative estimate of drug-likeness (QED) is 0.284. The second-order valence-corrected chi connectivity index (χ2v) is 8.73. The van der Waals surface area contributed by atoms with Gasteiger partial charge in [0.25, 0.3) is 0 Å². The normalized spacial score (nSPS) is 11.8. The Morgan fingerprint density at radius 3 is 2.31 bits per heavy atom. The molecule has 0 spiro atoms. The number of aryl methyl sites for hydroxylation is 4. The van der Waals surface area contributed by atoms with Gasteiger partial charge in [-0.2, -0.15) is 0 Å². The van der Waals surface area contributed by atoms with Crippen LogP contribution in [0.3, 0.4) is 0 Å². The molecule has 3 nitrogen and oxygen atoms in total. The first-order valence-electron chi connectivity index (χ1n) is 10.9. The van der Waals surface area contributed by atoms with Crippen LogP contribution in [0.1, 0.15) is 22.3 Å². The third-order valence-electron chi connectivity index (χ3n) is 6.28. The van der Waals surface area contributed by atoms with E-state index in [1.807, 2.05) is 24.4 Å². The number of aromatic nitrogens is 1. The number of nitrogens with zero attached hydrogens (tertiary/aromatic N) is 1. The van der Waals surface area contributed by atoms with Crippen LogP contribution in [-0.4, -0.2) is 4.98 Å². The van der Waals surface area contributed by atoms with Crippen LogP contribution in [0, 0.1) is 27.7 Å². The lowest BCUT2D eigenvalue weighted by molar-refractivity contribution is 0.628. The molecule has 0 atom stereocenters. The summed E-state index contributed by atoms with van der Waals surface area (Å²) in [5.41, 5.74) is 10.4. The van der Waals surface area contributed by atoms with E-state index in [2.05, 4.69) is 75.1 Å². The van der Waals surface area contributed by atoms with Crippen LogP contribution < -0.4 is 0 Å². The Bertz CT molecular complexity index is 1650. The number of hydrogen-bond donors (Lipinski definition) is 0. The van der Waals surface area contributed by atoms with Gasteiger partial charge in [0.1, 0.15) is 22.6 Å². The van der Waals surface area contributed by atoms with Gasteiger partial charge in [-0.3, -0.25) is 4.98 Å². The summed E-state index contributed by atoms with van der Waals surface area (Å²) in [5.74, 6) is 0.844. The predicted octanol–water partition coefficient (Wildman–Crippen LogP) is 8.29. The van der Waals surface area contributed by atoms with Crippen LogP contribution >= 0.6 is 0 Å². The molecule has 0 aliphatic carbocycles. The molecule has 3 heteroatoms. The number of rotatable bonds is 2. The maximum atomic E-state index is 6.50. The van der Waals surface area contributed by atoms with Crippen LogP contribution in [0.5, 0.6) is 0 Å². The summed E-state index contributed by atoms with van der Waals surface area (Å²) in [4.78, 5) is 4.68. The van der Waals surface area contributed by atoms with Gasteiger partial charge < -0.3 is 8.83 Å². The SMILES string of the molecule is Cc1cc(C)cc(-c2nccc3cc(-c4c(C)cc5c(oc6ccccc65)c4C)oc23)c1. The van der Waals surface area contributed by atoms with Crippen molar-refractivity contribution in [3.8, 4) is 22.6 Å². The van der Waals surface area contributed by atoms with Crippen molar-refractivity contribution in [1.29, 1.82) is 0 Å². The number of pyridine rings is 1. The molecule has 0 bridgehead atoms. The van der Waals surface area contributed by atoms with Gasteiger partial charge in [-0.05, 0) is 69.7 Å². The van der Waals surface area contributed by atoms with E-state index in [-0.39, 0.29) is 0 Å². The summed E-state index contributed by atoms with van der Waals surface area (Å²) in [5, 5.41) is 3.34. The van der Waals surface area contributed by atoms with Crippen molar-refractivity contribution in [1.82, 2.24) is 4.98 Å². The van der Waals surface area contributed by atoms with Gasteiger partial charge in [-0.1, -0.05) is 35.4 Å². The molecule has 6 aromatic rings. The second-order valence-electron chi connectivity index (χ2n) is 8.73. The molecule has 156 valence electrons. The predicted molar refractivity (Wildman–Crippen MR) is 131 cm³/mol. The smallest absolute Gasteiger partial charge is 0.161 e. The molecule has 0 N–H and O–H groups in total. The van der Waals surface area contributed by atoms with Gasteiger partial charge in [0.05, 0.1) is 0 Å². The molecule has 6 rings (SSSR count). The van der Waals surface area contributed by atoms with E-state index in [0.29, 0.717) is 0 Å². The number of fused-ring (bicyclic) bond motifs is 4. The largest absolute Gasteiger partial charge is 0.456 e. The molecule has 0 amide bonds. The van der Waals surface area contributed by atoms with Gasteiger partial charge in [0.15, 0.2) is 5.58 Å². The maximum absolute atomic E-state index is 6.50. The summed E-state index contributed by atoms with van der Waals surface area (Å²) >= 11 is 0. The van der Waals surface area contributed by atoms with Crippen molar-refractivity contribution >= 4 is 32.9 Å².